The van der Waals surface area contributed by atoms with Gasteiger partial charge in [-0.15, -0.1) is 0 Å². The average Bonchev–Trinajstić information content (AvgIpc) is 2.21. The highest BCUT2D eigenvalue weighted by atomic mass is 32.1. The van der Waals surface area contributed by atoms with E-state index >= 15 is 0 Å². The van der Waals surface area contributed by atoms with E-state index in [1.807, 2.05) is 0 Å². The molecule has 0 saturated heterocycles. The molecule has 0 aromatic rings. The van der Waals surface area contributed by atoms with Gasteiger partial charge in [-0.2, -0.15) is 12.6 Å². The zero-order valence-corrected chi connectivity index (χ0v) is 9.44. The van der Waals surface area contributed by atoms with E-state index in [2.05, 4.69) is 17.9 Å². The van der Waals surface area contributed by atoms with Crippen molar-refractivity contribution in [1.29, 1.82) is 0 Å². The van der Waals surface area contributed by atoms with Gasteiger partial charge >= 0.3 is 5.97 Å². The third-order valence-electron chi connectivity index (χ3n) is 1.86. The second kappa shape index (κ2) is 7.07. The molecule has 0 radical (unpaired) electrons. The summed E-state index contributed by atoms with van der Waals surface area (Å²) in [6.07, 6.45) is -0.0791. The Morgan fingerprint density at radius 2 is 1.94 bits per heavy atom. The first-order valence-electron chi connectivity index (χ1n) is 4.56. The van der Waals surface area contributed by atoms with Crippen LogP contribution in [-0.4, -0.2) is 40.7 Å². The molecule has 0 fully saturated rings. The SMILES string of the molecule is NC(=O)C(CS)NC(=O)CCC(N)C(=O)O. The standard InChI is InChI=1S/C8H15N3O4S/c9-4(8(14)15)1-2-6(12)11-5(3-16)7(10)13/h4-5,16H,1-3,9H2,(H2,10,13)(H,11,12)(H,14,15). The molecule has 0 aliphatic rings. The maximum absolute atomic E-state index is 11.2. The van der Waals surface area contributed by atoms with Gasteiger partial charge in [0, 0.05) is 12.2 Å². The number of nitrogens with one attached hydrogen (secondary N) is 1. The van der Waals surface area contributed by atoms with E-state index in [0.717, 1.165) is 0 Å². The molecule has 2 atom stereocenters. The lowest BCUT2D eigenvalue weighted by Gasteiger charge is -2.13. The summed E-state index contributed by atoms with van der Waals surface area (Å²) in [4.78, 5) is 32.4. The lowest BCUT2D eigenvalue weighted by atomic mass is 10.1. The molecule has 0 rings (SSSR count). The van der Waals surface area contributed by atoms with Gasteiger partial charge in [0.25, 0.3) is 0 Å². The van der Waals surface area contributed by atoms with E-state index < -0.39 is 29.9 Å². The van der Waals surface area contributed by atoms with Crippen LogP contribution in [0.2, 0.25) is 0 Å². The van der Waals surface area contributed by atoms with Crippen molar-refractivity contribution in [2.24, 2.45) is 11.5 Å². The fourth-order valence-electron chi connectivity index (χ4n) is 0.883. The lowest BCUT2D eigenvalue weighted by molar-refractivity contribution is -0.138. The third kappa shape index (κ3) is 5.56. The lowest BCUT2D eigenvalue weighted by Crippen LogP contribution is -2.46. The first-order chi connectivity index (χ1) is 7.38. The minimum Gasteiger partial charge on any atom is -0.480 e. The summed E-state index contributed by atoms with van der Waals surface area (Å²) in [5.41, 5.74) is 10.2. The van der Waals surface area contributed by atoms with Crippen molar-refractivity contribution < 1.29 is 19.5 Å². The van der Waals surface area contributed by atoms with Crippen molar-refractivity contribution in [2.45, 2.75) is 24.9 Å². The van der Waals surface area contributed by atoms with Gasteiger partial charge in [0.15, 0.2) is 0 Å². The molecule has 0 bridgehead atoms. The van der Waals surface area contributed by atoms with Gasteiger partial charge in [0.2, 0.25) is 11.8 Å². The van der Waals surface area contributed by atoms with Gasteiger partial charge in [-0.05, 0) is 6.42 Å². The van der Waals surface area contributed by atoms with Crippen LogP contribution >= 0.6 is 12.6 Å². The van der Waals surface area contributed by atoms with Crippen LogP contribution in [0, 0.1) is 0 Å². The van der Waals surface area contributed by atoms with Gasteiger partial charge in [0.05, 0.1) is 0 Å². The van der Waals surface area contributed by atoms with Crippen LogP contribution in [0.25, 0.3) is 0 Å². The van der Waals surface area contributed by atoms with Crippen LogP contribution in [0.15, 0.2) is 0 Å². The van der Waals surface area contributed by atoms with Crippen LogP contribution in [0.3, 0.4) is 0 Å². The Hall–Kier alpha value is -1.28. The Morgan fingerprint density at radius 1 is 1.38 bits per heavy atom. The third-order valence-corrected chi connectivity index (χ3v) is 2.23. The summed E-state index contributed by atoms with van der Waals surface area (Å²) in [5.74, 6) is -2.25. The largest absolute Gasteiger partial charge is 0.480 e. The molecule has 92 valence electrons. The smallest absolute Gasteiger partial charge is 0.320 e. The first kappa shape index (κ1) is 14.7. The van der Waals surface area contributed by atoms with Gasteiger partial charge in [0.1, 0.15) is 12.1 Å². The summed E-state index contributed by atoms with van der Waals surface area (Å²) in [6, 6.07) is -1.94. The Bertz CT molecular complexity index is 284. The van der Waals surface area contributed by atoms with E-state index in [4.69, 9.17) is 16.6 Å². The average molecular weight is 249 g/mol. The van der Waals surface area contributed by atoms with Crippen molar-refractivity contribution in [3.63, 3.8) is 0 Å². The molecule has 2 amide bonds. The summed E-state index contributed by atoms with van der Waals surface area (Å²) in [7, 11) is 0. The maximum atomic E-state index is 11.2. The number of rotatable bonds is 7. The molecule has 0 saturated carbocycles. The number of carboxylic acid groups (broad SMARTS) is 1. The predicted molar refractivity (Wildman–Crippen MR) is 59.8 cm³/mol. The molecule has 0 aromatic heterocycles. The minimum absolute atomic E-state index is 0.000774. The van der Waals surface area contributed by atoms with Crippen molar-refractivity contribution in [2.75, 3.05) is 5.75 Å². The topological polar surface area (TPSA) is 136 Å². The number of hydrogen-bond donors (Lipinski definition) is 5. The van der Waals surface area contributed by atoms with Crippen LogP contribution in [0.5, 0.6) is 0 Å². The van der Waals surface area contributed by atoms with E-state index in [0.29, 0.717) is 0 Å². The van der Waals surface area contributed by atoms with Gasteiger partial charge in [-0.1, -0.05) is 0 Å². The summed E-state index contributed by atoms with van der Waals surface area (Å²) in [5, 5.41) is 10.8. The molecule has 0 heterocycles. The van der Waals surface area contributed by atoms with E-state index in [1.54, 1.807) is 0 Å². The molecular formula is C8H15N3O4S. The summed E-state index contributed by atoms with van der Waals surface area (Å²) >= 11 is 3.84. The Labute approximate surface area is 98.0 Å². The number of carbonyl (C=O) groups excluding carboxylic acids is 2. The highest BCUT2D eigenvalue weighted by Gasteiger charge is 2.18. The number of thiol groups is 1. The molecule has 0 aromatic carbocycles. The highest BCUT2D eigenvalue weighted by molar-refractivity contribution is 7.80. The van der Waals surface area contributed by atoms with Gasteiger partial charge in [-0.25, -0.2) is 0 Å². The molecule has 8 heteroatoms. The van der Waals surface area contributed by atoms with Crippen molar-refractivity contribution >= 4 is 30.4 Å². The molecule has 0 spiro atoms. The molecule has 2 unspecified atom stereocenters. The quantitative estimate of drug-likeness (QED) is 0.335. The number of carbonyl (C=O) groups is 3. The van der Waals surface area contributed by atoms with Crippen molar-refractivity contribution in [3.8, 4) is 0 Å². The molecule has 6 N–H and O–H groups in total. The second-order valence-electron chi connectivity index (χ2n) is 3.19. The van der Waals surface area contributed by atoms with E-state index in [1.165, 1.54) is 0 Å². The maximum Gasteiger partial charge on any atom is 0.320 e. The first-order valence-corrected chi connectivity index (χ1v) is 5.19. The fourth-order valence-corrected chi connectivity index (χ4v) is 1.15. The minimum atomic E-state index is -1.17. The van der Waals surface area contributed by atoms with Crippen LogP contribution in [-0.2, 0) is 14.4 Å². The molecule has 16 heavy (non-hydrogen) atoms. The Kier molecular flexibility index (Phi) is 6.50. The van der Waals surface area contributed by atoms with E-state index in [-0.39, 0.29) is 18.6 Å². The number of primary amides is 1. The van der Waals surface area contributed by atoms with Crippen LogP contribution in [0.4, 0.5) is 0 Å². The number of carboxylic acids is 1. The monoisotopic (exact) mass is 249 g/mol. The molecule has 0 aliphatic heterocycles. The number of hydrogen-bond acceptors (Lipinski definition) is 5. The predicted octanol–water partition coefficient (Wildman–Crippen LogP) is -1.92. The van der Waals surface area contributed by atoms with Gasteiger partial charge < -0.3 is 21.9 Å². The zero-order valence-electron chi connectivity index (χ0n) is 8.55. The highest BCUT2D eigenvalue weighted by Crippen LogP contribution is 1.96. The zero-order chi connectivity index (χ0) is 12.7. The fraction of sp³-hybridized carbons (Fsp3) is 0.625. The van der Waals surface area contributed by atoms with Gasteiger partial charge in [-0.3, -0.25) is 14.4 Å². The number of nitrogens with two attached hydrogens (primary N) is 2. The Balaban J connectivity index is 3.99. The summed E-state index contributed by atoms with van der Waals surface area (Å²) < 4.78 is 0. The number of amides is 2. The Morgan fingerprint density at radius 3 is 2.31 bits per heavy atom. The molecular weight excluding hydrogens is 234 g/mol. The number of aliphatic carboxylic acids is 1. The van der Waals surface area contributed by atoms with Crippen molar-refractivity contribution in [3.05, 3.63) is 0 Å². The van der Waals surface area contributed by atoms with Crippen molar-refractivity contribution in [1.82, 2.24) is 5.32 Å². The molecule has 7 nitrogen and oxygen atoms in total. The van der Waals surface area contributed by atoms with Crippen LogP contribution < -0.4 is 16.8 Å². The van der Waals surface area contributed by atoms with E-state index in [9.17, 15) is 14.4 Å². The normalized spacial score (nSPS) is 13.9. The van der Waals surface area contributed by atoms with Crippen LogP contribution in [0.1, 0.15) is 12.8 Å². The molecule has 0 aliphatic carbocycles. The summed E-state index contributed by atoms with van der Waals surface area (Å²) in [6.45, 7) is 0. The second-order valence-corrected chi connectivity index (χ2v) is 3.55.